The second kappa shape index (κ2) is 13.1. The lowest BCUT2D eigenvalue weighted by Gasteiger charge is -2.42. The van der Waals surface area contributed by atoms with Crippen LogP contribution in [0.3, 0.4) is 0 Å². The maximum atomic E-state index is 14.1. The average molecular weight is 566 g/mol. The molecule has 7 nitrogen and oxygen atoms in total. The number of carbonyl (C=O) groups excluding carboxylic acids is 2. The standard InChI is InChI=1S/C34H32FN3O4/c35-28-13-6-10-24(19-28)18-26-17-16-25-11-4-5-15-30(25)32(26)38(22-23-8-2-1-3-9-23)31(39)21-36-34(42)37-29-14-7-12-27(20-29)33(40)41/h1-15,19-20,26,32H,16-18,21-22H2,(H,40,41)(H2,36,37,42). The van der Waals surface area contributed by atoms with Crippen LogP contribution in [0.5, 0.6) is 0 Å². The number of benzene rings is 4. The van der Waals surface area contributed by atoms with E-state index in [1.165, 1.54) is 29.8 Å². The summed E-state index contributed by atoms with van der Waals surface area (Å²) in [6.45, 7) is 0.0743. The molecule has 1 aliphatic rings. The molecule has 214 valence electrons. The summed E-state index contributed by atoms with van der Waals surface area (Å²) < 4.78 is 14.1. The Hall–Kier alpha value is -4.98. The van der Waals surface area contributed by atoms with Gasteiger partial charge in [0, 0.05) is 12.2 Å². The fourth-order valence-corrected chi connectivity index (χ4v) is 5.69. The number of carboxylic acid groups (broad SMARTS) is 1. The summed E-state index contributed by atoms with van der Waals surface area (Å²) in [4.78, 5) is 39.8. The van der Waals surface area contributed by atoms with Crippen LogP contribution in [0.15, 0.2) is 103 Å². The quantitative estimate of drug-likeness (QED) is 0.224. The molecule has 0 spiro atoms. The largest absolute Gasteiger partial charge is 0.478 e. The molecule has 0 heterocycles. The molecule has 0 saturated heterocycles. The van der Waals surface area contributed by atoms with Crippen molar-refractivity contribution in [3.05, 3.63) is 137 Å². The zero-order chi connectivity index (χ0) is 29.5. The van der Waals surface area contributed by atoms with Crippen LogP contribution >= 0.6 is 0 Å². The van der Waals surface area contributed by atoms with E-state index in [0.717, 1.165) is 29.5 Å². The first kappa shape index (κ1) is 28.5. The predicted molar refractivity (Wildman–Crippen MR) is 159 cm³/mol. The van der Waals surface area contributed by atoms with Gasteiger partial charge in [0.25, 0.3) is 0 Å². The van der Waals surface area contributed by atoms with Gasteiger partial charge in [0.05, 0.1) is 18.2 Å². The molecule has 4 aromatic rings. The van der Waals surface area contributed by atoms with E-state index < -0.39 is 12.0 Å². The Morgan fingerprint density at radius 1 is 0.857 bits per heavy atom. The second-order valence-corrected chi connectivity index (χ2v) is 10.5. The van der Waals surface area contributed by atoms with Gasteiger partial charge in [0.15, 0.2) is 0 Å². The number of aromatic carboxylic acids is 1. The molecule has 0 radical (unpaired) electrons. The minimum Gasteiger partial charge on any atom is -0.478 e. The first-order valence-electron chi connectivity index (χ1n) is 13.9. The SMILES string of the molecule is O=C(NCC(=O)N(Cc1ccccc1)C1c2ccccc2CCC1Cc1cccc(F)c1)Nc1cccc(C(=O)O)c1. The number of hydrogen-bond acceptors (Lipinski definition) is 3. The van der Waals surface area contributed by atoms with Crippen molar-refractivity contribution in [2.45, 2.75) is 31.8 Å². The molecule has 2 atom stereocenters. The molecule has 4 aromatic carbocycles. The third kappa shape index (κ3) is 7.01. The maximum Gasteiger partial charge on any atom is 0.335 e. The molecular formula is C34H32FN3O4. The van der Waals surface area contributed by atoms with Gasteiger partial charge in [-0.15, -0.1) is 0 Å². The summed E-state index contributed by atoms with van der Waals surface area (Å²) in [5.74, 6) is -1.63. The van der Waals surface area contributed by atoms with E-state index in [1.807, 2.05) is 53.4 Å². The number of urea groups is 1. The molecule has 0 saturated carbocycles. The maximum absolute atomic E-state index is 14.1. The van der Waals surface area contributed by atoms with Gasteiger partial charge in [-0.05, 0) is 77.8 Å². The van der Waals surface area contributed by atoms with Crippen molar-refractivity contribution < 1.29 is 23.9 Å². The molecule has 5 rings (SSSR count). The van der Waals surface area contributed by atoms with Crippen LogP contribution in [-0.4, -0.2) is 34.5 Å². The van der Waals surface area contributed by atoms with Crippen LogP contribution in [-0.2, 0) is 24.2 Å². The van der Waals surface area contributed by atoms with Gasteiger partial charge >= 0.3 is 12.0 Å². The van der Waals surface area contributed by atoms with Crippen molar-refractivity contribution in [3.63, 3.8) is 0 Å². The van der Waals surface area contributed by atoms with Crippen molar-refractivity contribution in [2.75, 3.05) is 11.9 Å². The lowest BCUT2D eigenvalue weighted by molar-refractivity contribution is -0.135. The zero-order valence-corrected chi connectivity index (χ0v) is 23.0. The molecule has 3 amide bonds. The Morgan fingerprint density at radius 2 is 1.60 bits per heavy atom. The number of fused-ring (bicyclic) bond motifs is 1. The molecule has 2 unspecified atom stereocenters. The number of anilines is 1. The normalized spacial score (nSPS) is 15.7. The molecule has 42 heavy (non-hydrogen) atoms. The highest BCUT2D eigenvalue weighted by Gasteiger charge is 2.36. The Kier molecular flexibility index (Phi) is 8.92. The van der Waals surface area contributed by atoms with Gasteiger partial charge < -0.3 is 20.6 Å². The number of amides is 3. The zero-order valence-electron chi connectivity index (χ0n) is 23.0. The van der Waals surface area contributed by atoms with Crippen LogP contribution < -0.4 is 10.6 Å². The van der Waals surface area contributed by atoms with Gasteiger partial charge in [0.2, 0.25) is 5.91 Å². The van der Waals surface area contributed by atoms with E-state index >= 15 is 0 Å². The highest BCUT2D eigenvalue weighted by Crippen LogP contribution is 2.41. The number of carboxylic acids is 1. The van der Waals surface area contributed by atoms with Gasteiger partial charge in [-0.2, -0.15) is 0 Å². The first-order chi connectivity index (χ1) is 20.4. The lowest BCUT2D eigenvalue weighted by Crippen LogP contribution is -2.46. The van der Waals surface area contributed by atoms with Crippen molar-refractivity contribution >= 4 is 23.6 Å². The van der Waals surface area contributed by atoms with Crippen LogP contribution in [0.1, 0.15) is 45.1 Å². The van der Waals surface area contributed by atoms with Crippen molar-refractivity contribution in [1.82, 2.24) is 10.2 Å². The van der Waals surface area contributed by atoms with Crippen molar-refractivity contribution in [2.24, 2.45) is 5.92 Å². The summed E-state index contributed by atoms with van der Waals surface area (Å²) in [5.41, 5.74) is 4.40. The van der Waals surface area contributed by atoms with Gasteiger partial charge in [-0.1, -0.05) is 72.8 Å². The number of aryl methyl sites for hydroxylation is 1. The summed E-state index contributed by atoms with van der Waals surface area (Å²) in [7, 11) is 0. The Morgan fingerprint density at radius 3 is 2.38 bits per heavy atom. The van der Waals surface area contributed by atoms with E-state index in [4.69, 9.17) is 0 Å². The minimum atomic E-state index is -1.11. The number of hydrogen-bond donors (Lipinski definition) is 3. The highest BCUT2D eigenvalue weighted by atomic mass is 19.1. The second-order valence-electron chi connectivity index (χ2n) is 10.5. The molecule has 0 aliphatic heterocycles. The fourth-order valence-electron chi connectivity index (χ4n) is 5.69. The number of halogens is 1. The first-order valence-corrected chi connectivity index (χ1v) is 13.9. The third-order valence-corrected chi connectivity index (χ3v) is 7.61. The van der Waals surface area contributed by atoms with Crippen LogP contribution in [0.2, 0.25) is 0 Å². The molecule has 8 heteroatoms. The highest BCUT2D eigenvalue weighted by molar-refractivity contribution is 5.94. The predicted octanol–water partition coefficient (Wildman–Crippen LogP) is 6.22. The summed E-state index contributed by atoms with van der Waals surface area (Å²) >= 11 is 0. The van der Waals surface area contributed by atoms with E-state index in [2.05, 4.69) is 22.8 Å². The van der Waals surface area contributed by atoms with E-state index in [-0.39, 0.29) is 35.8 Å². The summed E-state index contributed by atoms with van der Waals surface area (Å²) in [5, 5.41) is 14.5. The summed E-state index contributed by atoms with van der Waals surface area (Å²) in [6, 6.07) is 29.4. The number of carbonyl (C=O) groups is 3. The molecule has 0 aromatic heterocycles. The Balaban J connectivity index is 1.41. The van der Waals surface area contributed by atoms with E-state index in [9.17, 15) is 23.9 Å². The van der Waals surface area contributed by atoms with Crippen molar-refractivity contribution in [1.29, 1.82) is 0 Å². The van der Waals surface area contributed by atoms with E-state index in [0.29, 0.717) is 18.7 Å². The number of nitrogens with zero attached hydrogens (tertiary/aromatic N) is 1. The monoisotopic (exact) mass is 565 g/mol. The average Bonchev–Trinajstić information content (AvgIpc) is 2.99. The van der Waals surface area contributed by atoms with E-state index in [1.54, 1.807) is 18.2 Å². The lowest BCUT2D eigenvalue weighted by atomic mass is 9.76. The molecule has 3 N–H and O–H groups in total. The number of rotatable bonds is 9. The topological polar surface area (TPSA) is 98.7 Å². The van der Waals surface area contributed by atoms with Crippen LogP contribution in [0.25, 0.3) is 0 Å². The Labute approximate surface area is 244 Å². The minimum absolute atomic E-state index is 0.0296. The number of nitrogens with one attached hydrogen (secondary N) is 2. The van der Waals surface area contributed by atoms with Crippen LogP contribution in [0.4, 0.5) is 14.9 Å². The van der Waals surface area contributed by atoms with Gasteiger partial charge in [0.1, 0.15) is 5.82 Å². The van der Waals surface area contributed by atoms with Gasteiger partial charge in [-0.25, -0.2) is 14.0 Å². The molecular weight excluding hydrogens is 533 g/mol. The molecule has 0 bridgehead atoms. The fraction of sp³-hybridized carbons (Fsp3) is 0.206. The third-order valence-electron chi connectivity index (χ3n) is 7.61. The summed E-state index contributed by atoms with van der Waals surface area (Å²) in [6.07, 6.45) is 2.28. The van der Waals surface area contributed by atoms with Crippen molar-refractivity contribution in [3.8, 4) is 0 Å². The Bertz CT molecular complexity index is 1580. The van der Waals surface area contributed by atoms with Gasteiger partial charge in [-0.3, -0.25) is 4.79 Å². The smallest absolute Gasteiger partial charge is 0.335 e. The van der Waals surface area contributed by atoms with Crippen LogP contribution in [0, 0.1) is 11.7 Å². The molecule has 1 aliphatic carbocycles. The molecule has 0 fully saturated rings.